The maximum Gasteiger partial charge on any atom is 0.407 e. The Morgan fingerprint density at radius 3 is 2.56 bits per heavy atom. The van der Waals surface area contributed by atoms with Crippen molar-refractivity contribution in [3.8, 4) is 0 Å². The number of carbonyl (C=O) groups excluding carboxylic acids is 1. The van der Waals surface area contributed by atoms with Crippen LogP contribution in [-0.4, -0.2) is 30.3 Å². The van der Waals surface area contributed by atoms with Crippen molar-refractivity contribution in [2.24, 2.45) is 5.92 Å². The molecule has 0 radical (unpaired) electrons. The van der Waals surface area contributed by atoms with E-state index in [0.29, 0.717) is 12.5 Å². The highest BCUT2D eigenvalue weighted by molar-refractivity contribution is 5.74. The maximum atomic E-state index is 11.0. The van der Waals surface area contributed by atoms with Crippen LogP contribution in [0, 0.1) is 5.92 Å². The summed E-state index contributed by atoms with van der Waals surface area (Å²) < 4.78 is 4.45. The smallest absolute Gasteiger partial charge is 0.407 e. The van der Waals surface area contributed by atoms with Gasteiger partial charge < -0.3 is 15.2 Å². The second kappa shape index (κ2) is 9.00. The van der Waals surface area contributed by atoms with Crippen LogP contribution in [0.15, 0.2) is 0 Å². The molecule has 0 aromatic rings. The number of aliphatic carboxylic acids is 1. The molecule has 16 heavy (non-hydrogen) atoms. The van der Waals surface area contributed by atoms with E-state index in [1.807, 2.05) is 0 Å². The Morgan fingerprint density at radius 2 is 2.06 bits per heavy atom. The molecule has 1 amide bonds. The molecule has 5 heteroatoms. The number of hydrogen-bond donors (Lipinski definition) is 2. The Balaban J connectivity index is 3.66. The molecule has 0 saturated carbocycles. The minimum Gasteiger partial charge on any atom is -0.479 e. The van der Waals surface area contributed by atoms with Crippen LogP contribution in [0.3, 0.4) is 0 Å². The van der Waals surface area contributed by atoms with Crippen LogP contribution < -0.4 is 5.32 Å². The van der Waals surface area contributed by atoms with E-state index in [1.165, 1.54) is 0 Å². The third-order valence-corrected chi connectivity index (χ3v) is 2.41. The van der Waals surface area contributed by atoms with Gasteiger partial charge >= 0.3 is 12.1 Å². The van der Waals surface area contributed by atoms with Crippen molar-refractivity contribution in [1.29, 1.82) is 0 Å². The molecule has 0 aliphatic rings. The maximum absolute atomic E-state index is 11.0. The Morgan fingerprint density at radius 1 is 1.38 bits per heavy atom. The summed E-state index contributed by atoms with van der Waals surface area (Å²) in [7, 11) is 0. The molecule has 0 aromatic heterocycles. The highest BCUT2D eigenvalue weighted by atomic mass is 16.6. The lowest BCUT2D eigenvalue weighted by Crippen LogP contribution is -2.31. The number of alkyl carbamates (subject to hydrolysis) is 1. The summed E-state index contributed by atoms with van der Waals surface area (Å²) >= 11 is 0. The van der Waals surface area contributed by atoms with E-state index in [2.05, 4.69) is 23.9 Å². The lowest BCUT2D eigenvalue weighted by Gasteiger charge is -2.14. The first-order chi connectivity index (χ1) is 7.60. The number of ether oxygens (including phenoxy) is 1. The highest BCUT2D eigenvalue weighted by Crippen LogP contribution is 2.11. The van der Waals surface area contributed by atoms with E-state index in [-0.39, 0.29) is 0 Å². The summed E-state index contributed by atoms with van der Waals surface area (Å²) in [5.41, 5.74) is 0. The molecule has 2 N–H and O–H groups in total. The van der Waals surface area contributed by atoms with Gasteiger partial charge in [-0.25, -0.2) is 9.59 Å². The molecule has 0 rings (SSSR count). The molecule has 0 aliphatic heterocycles. The first kappa shape index (κ1) is 14.7. The topological polar surface area (TPSA) is 75.6 Å². The van der Waals surface area contributed by atoms with Crippen molar-refractivity contribution in [1.82, 2.24) is 5.32 Å². The zero-order valence-corrected chi connectivity index (χ0v) is 9.99. The van der Waals surface area contributed by atoms with E-state index < -0.39 is 18.7 Å². The number of unbranched alkanes of at least 4 members (excludes halogenated alkanes) is 1. The van der Waals surface area contributed by atoms with E-state index in [0.717, 1.165) is 25.7 Å². The van der Waals surface area contributed by atoms with Crippen LogP contribution >= 0.6 is 0 Å². The fourth-order valence-corrected chi connectivity index (χ4v) is 1.35. The molecule has 1 atom stereocenters. The zero-order chi connectivity index (χ0) is 12.4. The van der Waals surface area contributed by atoms with Crippen molar-refractivity contribution in [3.63, 3.8) is 0 Å². The van der Waals surface area contributed by atoms with Gasteiger partial charge in [0.25, 0.3) is 0 Å². The third kappa shape index (κ3) is 8.08. The molecule has 0 fully saturated rings. The van der Waals surface area contributed by atoms with Crippen molar-refractivity contribution < 1.29 is 19.4 Å². The Kier molecular flexibility index (Phi) is 8.29. The number of carboxylic acids is 1. The molecule has 0 aromatic carbocycles. The van der Waals surface area contributed by atoms with Crippen LogP contribution in [0.25, 0.3) is 0 Å². The average Bonchev–Trinajstić information content (AvgIpc) is 2.26. The van der Waals surface area contributed by atoms with Gasteiger partial charge in [0.05, 0.1) is 0 Å². The number of amides is 1. The first-order valence-electron chi connectivity index (χ1n) is 5.72. The molecule has 0 saturated heterocycles. The second-order valence-electron chi connectivity index (χ2n) is 3.77. The molecular formula is C11H21NO4. The fraction of sp³-hybridized carbons (Fsp3) is 0.818. The van der Waals surface area contributed by atoms with Gasteiger partial charge in [0.2, 0.25) is 0 Å². The van der Waals surface area contributed by atoms with E-state index in [9.17, 15) is 9.59 Å². The van der Waals surface area contributed by atoms with Crippen LogP contribution in [0.2, 0.25) is 0 Å². The van der Waals surface area contributed by atoms with Crippen LogP contribution in [0.4, 0.5) is 4.79 Å². The lowest BCUT2D eigenvalue weighted by molar-refractivity contribution is -0.140. The average molecular weight is 231 g/mol. The Labute approximate surface area is 96.2 Å². The van der Waals surface area contributed by atoms with Gasteiger partial charge in [-0.05, 0) is 12.3 Å². The highest BCUT2D eigenvalue weighted by Gasteiger charge is 2.09. The van der Waals surface area contributed by atoms with Crippen molar-refractivity contribution in [2.75, 3.05) is 13.2 Å². The van der Waals surface area contributed by atoms with Crippen LogP contribution in [-0.2, 0) is 9.53 Å². The SMILES string of the molecule is CCCCC(CC)CNC(=O)OCC(=O)O. The number of carbonyl (C=O) groups is 2. The summed E-state index contributed by atoms with van der Waals surface area (Å²) in [6.45, 7) is 4.17. The van der Waals surface area contributed by atoms with E-state index in [1.54, 1.807) is 0 Å². The van der Waals surface area contributed by atoms with Crippen LogP contribution in [0.5, 0.6) is 0 Å². The summed E-state index contributed by atoms with van der Waals surface area (Å²) in [5, 5.41) is 10.9. The Hall–Kier alpha value is -1.26. The Bertz CT molecular complexity index is 218. The number of nitrogens with one attached hydrogen (secondary N) is 1. The lowest BCUT2D eigenvalue weighted by atomic mass is 10.00. The molecule has 0 aliphatic carbocycles. The summed E-state index contributed by atoms with van der Waals surface area (Å²) in [4.78, 5) is 21.2. The second-order valence-corrected chi connectivity index (χ2v) is 3.77. The first-order valence-corrected chi connectivity index (χ1v) is 5.72. The van der Waals surface area contributed by atoms with E-state index >= 15 is 0 Å². The summed E-state index contributed by atoms with van der Waals surface area (Å²) in [6, 6.07) is 0. The van der Waals surface area contributed by atoms with Crippen molar-refractivity contribution in [3.05, 3.63) is 0 Å². The normalized spacial score (nSPS) is 11.9. The standard InChI is InChI=1S/C11H21NO4/c1-3-5-6-9(4-2)7-12-11(15)16-8-10(13)14/h9H,3-8H2,1-2H3,(H,12,15)(H,13,14). The quantitative estimate of drug-likeness (QED) is 0.670. The molecular weight excluding hydrogens is 210 g/mol. The number of rotatable bonds is 8. The van der Waals surface area contributed by atoms with Gasteiger partial charge in [-0.2, -0.15) is 0 Å². The third-order valence-electron chi connectivity index (χ3n) is 2.41. The number of hydrogen-bond acceptors (Lipinski definition) is 3. The van der Waals surface area contributed by atoms with Crippen molar-refractivity contribution in [2.45, 2.75) is 39.5 Å². The van der Waals surface area contributed by atoms with Gasteiger partial charge in [-0.15, -0.1) is 0 Å². The largest absolute Gasteiger partial charge is 0.479 e. The predicted molar refractivity (Wildman–Crippen MR) is 60.3 cm³/mol. The summed E-state index contributed by atoms with van der Waals surface area (Å²) in [5.74, 6) is -0.703. The number of carboxylic acid groups (broad SMARTS) is 1. The van der Waals surface area contributed by atoms with Gasteiger partial charge in [0.15, 0.2) is 6.61 Å². The summed E-state index contributed by atoms with van der Waals surface area (Å²) in [6.07, 6.45) is 3.70. The molecule has 94 valence electrons. The van der Waals surface area contributed by atoms with Gasteiger partial charge in [0.1, 0.15) is 0 Å². The molecule has 0 bridgehead atoms. The van der Waals surface area contributed by atoms with E-state index in [4.69, 9.17) is 5.11 Å². The van der Waals surface area contributed by atoms with Crippen LogP contribution in [0.1, 0.15) is 39.5 Å². The van der Waals surface area contributed by atoms with Gasteiger partial charge in [0, 0.05) is 6.54 Å². The van der Waals surface area contributed by atoms with Gasteiger partial charge in [-0.3, -0.25) is 0 Å². The molecule has 1 unspecified atom stereocenters. The molecule has 0 heterocycles. The minimum absolute atomic E-state index is 0.442. The van der Waals surface area contributed by atoms with Gasteiger partial charge in [-0.1, -0.05) is 33.1 Å². The molecule has 5 nitrogen and oxygen atoms in total. The minimum atomic E-state index is -1.15. The zero-order valence-electron chi connectivity index (χ0n) is 9.99. The fourth-order valence-electron chi connectivity index (χ4n) is 1.35. The monoisotopic (exact) mass is 231 g/mol. The molecule has 0 spiro atoms. The predicted octanol–water partition coefficient (Wildman–Crippen LogP) is 2.01. The van der Waals surface area contributed by atoms with Crippen molar-refractivity contribution >= 4 is 12.1 Å².